The van der Waals surface area contributed by atoms with Gasteiger partial charge in [0, 0.05) is 26.3 Å². The van der Waals surface area contributed by atoms with E-state index < -0.39 is 8.07 Å². The van der Waals surface area contributed by atoms with E-state index >= 15 is 0 Å². The van der Waals surface area contributed by atoms with Crippen molar-refractivity contribution in [1.82, 2.24) is 9.78 Å². The monoisotopic (exact) mass is 280 g/mol. The molecule has 1 aliphatic carbocycles. The highest BCUT2D eigenvalue weighted by molar-refractivity contribution is 6.76. The molecule has 0 aromatic carbocycles. The molecule has 1 saturated carbocycles. The molecule has 19 heavy (non-hydrogen) atoms. The van der Waals surface area contributed by atoms with Crippen LogP contribution in [0.1, 0.15) is 41.4 Å². The third kappa shape index (κ3) is 4.01. The molecule has 0 bridgehead atoms. The molecule has 1 fully saturated rings. The predicted octanol–water partition coefficient (Wildman–Crippen LogP) is 3.28. The Morgan fingerprint density at radius 2 is 2.21 bits per heavy atom. The number of rotatable bonds is 7. The maximum atomic E-state index is 10.9. The molecule has 1 aliphatic rings. The van der Waals surface area contributed by atoms with Crippen LogP contribution < -0.4 is 0 Å². The van der Waals surface area contributed by atoms with Crippen LogP contribution in [0.25, 0.3) is 0 Å². The Kier molecular flexibility index (Phi) is 4.57. The molecule has 1 aromatic rings. The summed E-state index contributed by atoms with van der Waals surface area (Å²) < 4.78 is 7.61. The summed E-state index contributed by atoms with van der Waals surface area (Å²) in [5.74, 6) is 0.571. The number of aromatic nitrogens is 2. The van der Waals surface area contributed by atoms with Crippen LogP contribution in [0.5, 0.6) is 0 Å². The van der Waals surface area contributed by atoms with E-state index in [4.69, 9.17) is 4.74 Å². The molecule has 0 spiro atoms. The van der Waals surface area contributed by atoms with Crippen molar-refractivity contribution in [3.05, 3.63) is 17.5 Å². The van der Waals surface area contributed by atoms with Crippen LogP contribution in [0.15, 0.2) is 6.07 Å². The van der Waals surface area contributed by atoms with Crippen LogP contribution in [-0.4, -0.2) is 30.7 Å². The molecular formula is C14H24N2O2Si. The van der Waals surface area contributed by atoms with Crippen molar-refractivity contribution in [3.8, 4) is 0 Å². The number of carbonyl (C=O) groups is 1. The van der Waals surface area contributed by atoms with E-state index in [0.29, 0.717) is 18.3 Å². The van der Waals surface area contributed by atoms with Crippen LogP contribution >= 0.6 is 0 Å². The summed E-state index contributed by atoms with van der Waals surface area (Å²) in [6, 6.07) is 3.08. The van der Waals surface area contributed by atoms with Gasteiger partial charge in [-0.1, -0.05) is 26.1 Å². The van der Waals surface area contributed by atoms with Gasteiger partial charge in [0.15, 0.2) is 6.29 Å². The topological polar surface area (TPSA) is 44.1 Å². The lowest BCUT2D eigenvalue weighted by atomic mass is 9.83. The lowest BCUT2D eigenvalue weighted by Gasteiger charge is -2.26. The fourth-order valence-electron chi connectivity index (χ4n) is 2.17. The summed E-state index contributed by atoms with van der Waals surface area (Å²) in [4.78, 5) is 10.9. The molecule has 5 heteroatoms. The number of hydrogen-bond acceptors (Lipinski definition) is 3. The van der Waals surface area contributed by atoms with Gasteiger partial charge < -0.3 is 4.74 Å². The van der Waals surface area contributed by atoms with Gasteiger partial charge in [0.25, 0.3) is 0 Å². The fraction of sp³-hybridized carbons (Fsp3) is 0.714. The highest BCUT2D eigenvalue weighted by atomic mass is 28.3. The first-order valence-corrected chi connectivity index (χ1v) is 10.8. The Morgan fingerprint density at radius 1 is 1.47 bits per heavy atom. The van der Waals surface area contributed by atoms with Crippen LogP contribution in [0.4, 0.5) is 0 Å². The summed E-state index contributed by atoms with van der Waals surface area (Å²) in [6.07, 6.45) is 4.52. The smallest absolute Gasteiger partial charge is 0.170 e. The van der Waals surface area contributed by atoms with Gasteiger partial charge in [-0.3, -0.25) is 4.79 Å². The standard InChI is InChI=1S/C14H24N2O2Si/c1-19(2,3)8-7-18-11-16-14(12-5-4-6-12)9-13(10-17)15-16/h9-10,12H,4-8,11H2,1-3H3. The Hall–Kier alpha value is -0.943. The van der Waals surface area contributed by atoms with E-state index in [-0.39, 0.29) is 0 Å². The van der Waals surface area contributed by atoms with Crippen LogP contribution in [-0.2, 0) is 11.5 Å². The molecule has 0 unspecified atom stereocenters. The van der Waals surface area contributed by atoms with E-state index in [1.165, 1.54) is 25.0 Å². The highest BCUT2D eigenvalue weighted by Crippen LogP contribution is 2.36. The van der Waals surface area contributed by atoms with Gasteiger partial charge in [0.05, 0.1) is 0 Å². The lowest BCUT2D eigenvalue weighted by molar-refractivity contribution is 0.0741. The number of aldehydes is 1. The molecule has 0 N–H and O–H groups in total. The van der Waals surface area contributed by atoms with Crippen LogP contribution in [0.2, 0.25) is 25.7 Å². The van der Waals surface area contributed by atoms with Crippen molar-refractivity contribution in [1.29, 1.82) is 0 Å². The largest absolute Gasteiger partial charge is 0.360 e. The molecular weight excluding hydrogens is 256 g/mol. The SMILES string of the molecule is C[Si](C)(C)CCOCn1nc(C=O)cc1C1CCC1. The highest BCUT2D eigenvalue weighted by Gasteiger charge is 2.24. The minimum Gasteiger partial charge on any atom is -0.360 e. The summed E-state index contributed by atoms with van der Waals surface area (Å²) in [5, 5.41) is 4.30. The lowest BCUT2D eigenvalue weighted by Crippen LogP contribution is -2.22. The van der Waals surface area contributed by atoms with Crippen molar-refractivity contribution < 1.29 is 9.53 Å². The second-order valence-electron chi connectivity index (χ2n) is 6.59. The molecule has 2 rings (SSSR count). The summed E-state index contributed by atoms with van der Waals surface area (Å²) >= 11 is 0. The van der Waals surface area contributed by atoms with Gasteiger partial charge in [-0.2, -0.15) is 5.10 Å². The van der Waals surface area contributed by atoms with Gasteiger partial charge in [-0.25, -0.2) is 4.68 Å². The number of nitrogens with zero attached hydrogens (tertiary/aromatic N) is 2. The van der Waals surface area contributed by atoms with E-state index in [9.17, 15) is 4.79 Å². The molecule has 0 saturated heterocycles. The van der Waals surface area contributed by atoms with Gasteiger partial charge in [0.1, 0.15) is 12.4 Å². The Balaban J connectivity index is 1.91. The normalized spacial score (nSPS) is 16.4. The fourth-order valence-corrected chi connectivity index (χ4v) is 2.93. The second-order valence-corrected chi connectivity index (χ2v) is 12.2. The van der Waals surface area contributed by atoms with Crippen LogP contribution in [0.3, 0.4) is 0 Å². The summed E-state index contributed by atoms with van der Waals surface area (Å²) in [5.41, 5.74) is 1.69. The minimum absolute atomic E-state index is 0.476. The summed E-state index contributed by atoms with van der Waals surface area (Å²) in [7, 11) is -1.04. The molecule has 1 aromatic heterocycles. The average molecular weight is 280 g/mol. The van der Waals surface area contributed by atoms with Gasteiger partial charge in [-0.05, 0) is 25.0 Å². The van der Waals surface area contributed by atoms with E-state index in [2.05, 4.69) is 24.7 Å². The first-order valence-electron chi connectivity index (χ1n) is 7.10. The molecule has 0 radical (unpaired) electrons. The third-order valence-corrected chi connectivity index (χ3v) is 5.39. The minimum atomic E-state index is -1.04. The number of carbonyl (C=O) groups excluding carboxylic acids is 1. The molecule has 0 aliphatic heterocycles. The quantitative estimate of drug-likeness (QED) is 0.437. The molecule has 4 nitrogen and oxygen atoms in total. The van der Waals surface area contributed by atoms with Crippen LogP contribution in [0, 0.1) is 0 Å². The van der Waals surface area contributed by atoms with Crippen molar-refractivity contribution in [2.24, 2.45) is 0 Å². The molecule has 106 valence electrons. The maximum Gasteiger partial charge on any atom is 0.170 e. The molecule has 0 atom stereocenters. The Labute approximate surface area is 116 Å². The van der Waals surface area contributed by atoms with Gasteiger partial charge in [-0.15, -0.1) is 0 Å². The summed E-state index contributed by atoms with van der Waals surface area (Å²) in [6.45, 7) is 8.29. The zero-order valence-corrected chi connectivity index (χ0v) is 13.2. The number of hydrogen-bond donors (Lipinski definition) is 0. The van der Waals surface area contributed by atoms with Gasteiger partial charge in [0.2, 0.25) is 0 Å². The Bertz CT molecular complexity index is 433. The average Bonchev–Trinajstić information content (AvgIpc) is 2.64. The van der Waals surface area contributed by atoms with Gasteiger partial charge >= 0.3 is 0 Å². The third-order valence-electron chi connectivity index (χ3n) is 3.68. The van der Waals surface area contributed by atoms with E-state index in [1.54, 1.807) is 0 Å². The molecule has 0 amide bonds. The second kappa shape index (κ2) is 6.01. The van der Waals surface area contributed by atoms with E-state index in [1.807, 2.05) is 10.7 Å². The maximum absolute atomic E-state index is 10.9. The first kappa shape index (κ1) is 14.5. The predicted molar refractivity (Wildman–Crippen MR) is 78.3 cm³/mol. The van der Waals surface area contributed by atoms with Crippen molar-refractivity contribution in [3.63, 3.8) is 0 Å². The number of ether oxygens (including phenoxy) is 1. The van der Waals surface area contributed by atoms with Crippen molar-refractivity contribution in [2.45, 2.75) is 57.6 Å². The first-order chi connectivity index (χ1) is 8.99. The molecule has 1 heterocycles. The zero-order valence-electron chi connectivity index (χ0n) is 12.2. The Morgan fingerprint density at radius 3 is 2.74 bits per heavy atom. The zero-order chi connectivity index (χ0) is 13.9. The van der Waals surface area contributed by atoms with Crippen molar-refractivity contribution >= 4 is 14.4 Å². The van der Waals surface area contributed by atoms with Crippen molar-refractivity contribution in [2.75, 3.05) is 6.61 Å². The van der Waals surface area contributed by atoms with E-state index in [0.717, 1.165) is 18.9 Å².